The van der Waals surface area contributed by atoms with Crippen LogP contribution in [0.5, 0.6) is 0 Å². The molecule has 60 valence electrons. The first-order valence-electron chi connectivity index (χ1n) is 3.63. The van der Waals surface area contributed by atoms with E-state index >= 15 is 0 Å². The molecule has 0 aromatic rings. The van der Waals surface area contributed by atoms with Gasteiger partial charge >= 0.3 is 0 Å². The molecule has 0 unspecified atom stereocenters. The van der Waals surface area contributed by atoms with Crippen LogP contribution in [-0.4, -0.2) is 20.5 Å². The minimum Gasteiger partial charge on any atom is -0.359 e. The third-order valence-corrected chi connectivity index (χ3v) is 1.04. The van der Waals surface area contributed by atoms with Crippen LogP contribution in [0.1, 0.15) is 19.8 Å². The van der Waals surface area contributed by atoms with E-state index in [0.717, 1.165) is 6.42 Å². The van der Waals surface area contributed by atoms with Gasteiger partial charge in [-0.1, -0.05) is 25.5 Å². The van der Waals surface area contributed by atoms with Gasteiger partial charge in [0.1, 0.15) is 6.79 Å². The predicted molar refractivity (Wildman–Crippen MR) is 41.9 cm³/mol. The molecule has 0 amide bonds. The normalized spacial score (nSPS) is 11.0. The van der Waals surface area contributed by atoms with Gasteiger partial charge in [-0.05, 0) is 6.42 Å². The third-order valence-electron chi connectivity index (χ3n) is 1.04. The summed E-state index contributed by atoms with van der Waals surface area (Å²) >= 11 is 0. The van der Waals surface area contributed by atoms with E-state index in [4.69, 9.17) is 9.47 Å². The lowest BCUT2D eigenvalue weighted by molar-refractivity contribution is -0.0186. The third kappa shape index (κ3) is 7.66. The Balaban J connectivity index is 2.88. The zero-order valence-corrected chi connectivity index (χ0v) is 6.80. The monoisotopic (exact) mass is 144 g/mol. The largest absolute Gasteiger partial charge is 0.359 e. The standard InChI is InChI=1S/C8H16O2/c1-3-4-5-6-7-10-8-9-2/h5-6H,3-4,7-8H2,1-2H3/b6-5+. The van der Waals surface area contributed by atoms with Crippen molar-refractivity contribution in [3.63, 3.8) is 0 Å². The maximum atomic E-state index is 5.02. The smallest absolute Gasteiger partial charge is 0.146 e. The SMILES string of the molecule is CCC/C=C/COCOC. The Kier molecular flexibility index (Phi) is 8.37. The van der Waals surface area contributed by atoms with Crippen molar-refractivity contribution in [2.24, 2.45) is 0 Å². The van der Waals surface area contributed by atoms with Crippen molar-refractivity contribution in [3.05, 3.63) is 12.2 Å². The second-order valence-corrected chi connectivity index (χ2v) is 2.04. The highest BCUT2D eigenvalue weighted by Crippen LogP contribution is 1.88. The summed E-state index contributed by atoms with van der Waals surface area (Å²) in [5.74, 6) is 0. The fourth-order valence-electron chi connectivity index (χ4n) is 0.552. The van der Waals surface area contributed by atoms with E-state index in [2.05, 4.69) is 13.0 Å². The van der Waals surface area contributed by atoms with Gasteiger partial charge in [0, 0.05) is 7.11 Å². The predicted octanol–water partition coefficient (Wildman–Crippen LogP) is 1.96. The maximum absolute atomic E-state index is 5.02. The summed E-state index contributed by atoms with van der Waals surface area (Å²) in [6.07, 6.45) is 6.47. The summed E-state index contributed by atoms with van der Waals surface area (Å²) < 4.78 is 9.71. The molecule has 10 heavy (non-hydrogen) atoms. The molecule has 2 heteroatoms. The molecule has 0 fully saturated rings. The van der Waals surface area contributed by atoms with E-state index in [0.29, 0.717) is 13.4 Å². The van der Waals surface area contributed by atoms with Crippen LogP contribution in [0.4, 0.5) is 0 Å². The highest BCUT2D eigenvalue weighted by atomic mass is 16.7. The fraction of sp³-hybridized carbons (Fsp3) is 0.750. The van der Waals surface area contributed by atoms with Crippen LogP contribution >= 0.6 is 0 Å². The van der Waals surface area contributed by atoms with Crippen molar-refractivity contribution in [2.75, 3.05) is 20.5 Å². The van der Waals surface area contributed by atoms with Gasteiger partial charge in [0.15, 0.2) is 0 Å². The van der Waals surface area contributed by atoms with E-state index < -0.39 is 0 Å². The van der Waals surface area contributed by atoms with Crippen molar-refractivity contribution in [2.45, 2.75) is 19.8 Å². The van der Waals surface area contributed by atoms with Crippen LogP contribution in [0, 0.1) is 0 Å². The topological polar surface area (TPSA) is 18.5 Å². The molecule has 0 N–H and O–H groups in total. The Morgan fingerprint density at radius 3 is 2.70 bits per heavy atom. The number of hydrogen-bond acceptors (Lipinski definition) is 2. The summed E-state index contributed by atoms with van der Waals surface area (Å²) in [5.41, 5.74) is 0. The van der Waals surface area contributed by atoms with Crippen molar-refractivity contribution in [1.82, 2.24) is 0 Å². The van der Waals surface area contributed by atoms with Crippen molar-refractivity contribution < 1.29 is 9.47 Å². The molecule has 0 aliphatic rings. The molecule has 0 radical (unpaired) electrons. The van der Waals surface area contributed by atoms with E-state index in [1.54, 1.807) is 7.11 Å². The Bertz CT molecular complexity index is 79.3. The molecule has 0 heterocycles. The Hall–Kier alpha value is -0.340. The minimum absolute atomic E-state index is 0.385. The first-order chi connectivity index (χ1) is 4.91. The molecule has 0 aliphatic carbocycles. The van der Waals surface area contributed by atoms with Crippen molar-refractivity contribution in [1.29, 1.82) is 0 Å². The summed E-state index contributed by atoms with van der Waals surface area (Å²) in [6.45, 7) is 3.20. The lowest BCUT2D eigenvalue weighted by atomic mass is 10.3. The average Bonchev–Trinajstić information content (AvgIpc) is 1.97. The fourth-order valence-corrected chi connectivity index (χ4v) is 0.552. The molecule has 0 atom stereocenters. The summed E-state index contributed by atoms with van der Waals surface area (Å²) in [5, 5.41) is 0. The summed E-state index contributed by atoms with van der Waals surface area (Å²) in [7, 11) is 1.62. The number of unbranched alkanes of at least 4 members (excludes halogenated alkanes) is 1. The summed E-state index contributed by atoms with van der Waals surface area (Å²) in [6, 6.07) is 0. The molecule has 0 rings (SSSR count). The maximum Gasteiger partial charge on any atom is 0.146 e. The number of rotatable bonds is 6. The molecule has 0 aromatic carbocycles. The van der Waals surface area contributed by atoms with Crippen LogP contribution < -0.4 is 0 Å². The summed E-state index contributed by atoms with van der Waals surface area (Å²) in [4.78, 5) is 0. The zero-order valence-electron chi connectivity index (χ0n) is 6.80. The molecule has 0 aromatic heterocycles. The molecule has 0 saturated heterocycles. The lowest BCUT2D eigenvalue weighted by Crippen LogP contribution is -1.95. The number of allylic oxidation sites excluding steroid dienone is 1. The van der Waals surface area contributed by atoms with Crippen LogP contribution in [0.2, 0.25) is 0 Å². The lowest BCUT2D eigenvalue weighted by Gasteiger charge is -1.95. The average molecular weight is 144 g/mol. The van der Waals surface area contributed by atoms with Crippen LogP contribution in [0.3, 0.4) is 0 Å². The van der Waals surface area contributed by atoms with E-state index in [9.17, 15) is 0 Å². The Labute approximate surface area is 62.8 Å². The quantitative estimate of drug-likeness (QED) is 0.322. The molecular formula is C8H16O2. The van der Waals surface area contributed by atoms with Crippen LogP contribution in [0.15, 0.2) is 12.2 Å². The van der Waals surface area contributed by atoms with E-state index in [1.807, 2.05) is 6.08 Å². The number of methoxy groups -OCH3 is 1. The molecule has 2 nitrogen and oxygen atoms in total. The second-order valence-electron chi connectivity index (χ2n) is 2.04. The van der Waals surface area contributed by atoms with E-state index in [1.165, 1.54) is 6.42 Å². The zero-order chi connectivity index (χ0) is 7.66. The van der Waals surface area contributed by atoms with Gasteiger partial charge in [0.25, 0.3) is 0 Å². The Morgan fingerprint density at radius 1 is 1.30 bits per heavy atom. The molecular weight excluding hydrogens is 128 g/mol. The highest BCUT2D eigenvalue weighted by Gasteiger charge is 1.78. The van der Waals surface area contributed by atoms with Gasteiger partial charge in [-0.15, -0.1) is 0 Å². The Morgan fingerprint density at radius 2 is 2.10 bits per heavy atom. The van der Waals surface area contributed by atoms with Crippen molar-refractivity contribution >= 4 is 0 Å². The molecule has 0 bridgehead atoms. The van der Waals surface area contributed by atoms with Gasteiger partial charge in [-0.2, -0.15) is 0 Å². The van der Waals surface area contributed by atoms with Crippen LogP contribution in [0.25, 0.3) is 0 Å². The molecule has 0 saturated carbocycles. The number of ether oxygens (including phenoxy) is 2. The van der Waals surface area contributed by atoms with Gasteiger partial charge in [-0.25, -0.2) is 0 Å². The van der Waals surface area contributed by atoms with E-state index in [-0.39, 0.29) is 0 Å². The van der Waals surface area contributed by atoms with Crippen LogP contribution in [-0.2, 0) is 9.47 Å². The minimum atomic E-state index is 0.385. The first kappa shape index (κ1) is 9.66. The molecule has 0 spiro atoms. The second kappa shape index (κ2) is 8.66. The first-order valence-corrected chi connectivity index (χ1v) is 3.63. The highest BCUT2D eigenvalue weighted by molar-refractivity contribution is 4.80. The molecule has 0 aliphatic heterocycles. The number of hydrogen-bond donors (Lipinski definition) is 0. The van der Waals surface area contributed by atoms with Gasteiger partial charge < -0.3 is 9.47 Å². The van der Waals surface area contributed by atoms with Crippen molar-refractivity contribution in [3.8, 4) is 0 Å². The van der Waals surface area contributed by atoms with Gasteiger partial charge in [0.2, 0.25) is 0 Å². The van der Waals surface area contributed by atoms with Gasteiger partial charge in [-0.3, -0.25) is 0 Å². The van der Waals surface area contributed by atoms with Gasteiger partial charge in [0.05, 0.1) is 6.61 Å².